The molecule has 1 aliphatic rings. The minimum absolute atomic E-state index is 0.0618. The average Bonchev–Trinajstić information content (AvgIpc) is 2.46. The first-order valence-corrected chi connectivity index (χ1v) is 7.40. The number of nitrogens with two attached hydrogens (primary N) is 1. The Kier molecular flexibility index (Phi) is 6.84. The van der Waals surface area contributed by atoms with E-state index in [4.69, 9.17) is 15.2 Å². The molecule has 0 unspecified atom stereocenters. The van der Waals surface area contributed by atoms with E-state index in [0.717, 1.165) is 12.8 Å². The maximum Gasteiger partial charge on any atom is 0.333 e. The van der Waals surface area contributed by atoms with Gasteiger partial charge in [-0.15, -0.1) is 0 Å². The van der Waals surface area contributed by atoms with Gasteiger partial charge in [0.25, 0.3) is 0 Å². The first-order chi connectivity index (χ1) is 9.92. The maximum absolute atomic E-state index is 11.7. The molecule has 0 fully saturated rings. The molecule has 6 nitrogen and oxygen atoms in total. The van der Waals surface area contributed by atoms with E-state index in [1.54, 1.807) is 6.08 Å². The van der Waals surface area contributed by atoms with Crippen LogP contribution in [0.5, 0.6) is 0 Å². The highest BCUT2D eigenvalue weighted by atomic mass is 16.5. The topological polar surface area (TPSA) is 90.7 Å². The molecule has 120 valence electrons. The van der Waals surface area contributed by atoms with Crippen molar-refractivity contribution in [3.63, 3.8) is 0 Å². The van der Waals surface area contributed by atoms with E-state index in [1.165, 1.54) is 14.0 Å². The number of carbonyl (C=O) groups is 2. The van der Waals surface area contributed by atoms with Crippen LogP contribution in [0, 0.1) is 0 Å². The molecule has 0 spiro atoms. The van der Waals surface area contributed by atoms with Gasteiger partial charge in [0, 0.05) is 18.5 Å². The standard InChI is InChI=1S/C15H26N2O4/c1-5-11(6-2)21-13-8-10(15(19)20-4)7-12(16)14(13)17-9(3)18/h8,11-14H,5-7,16H2,1-4H3,(H,17,18)/t12-,13+,14+/m1/s1. The number of methoxy groups -OCH3 is 1. The van der Waals surface area contributed by atoms with Crippen molar-refractivity contribution in [3.8, 4) is 0 Å². The fourth-order valence-electron chi connectivity index (χ4n) is 2.53. The third-order valence-corrected chi connectivity index (χ3v) is 3.71. The highest BCUT2D eigenvalue weighted by molar-refractivity contribution is 5.89. The minimum Gasteiger partial charge on any atom is -0.466 e. The van der Waals surface area contributed by atoms with Crippen molar-refractivity contribution in [3.05, 3.63) is 11.6 Å². The Hall–Kier alpha value is -1.40. The molecular weight excluding hydrogens is 272 g/mol. The number of carbonyl (C=O) groups excluding carboxylic acids is 2. The number of amides is 1. The minimum atomic E-state index is -0.420. The second-order valence-corrected chi connectivity index (χ2v) is 5.32. The Labute approximate surface area is 126 Å². The van der Waals surface area contributed by atoms with Crippen LogP contribution in [0.15, 0.2) is 11.6 Å². The van der Waals surface area contributed by atoms with Crippen LogP contribution in [-0.2, 0) is 19.1 Å². The Balaban J connectivity index is 2.99. The lowest BCUT2D eigenvalue weighted by Gasteiger charge is -2.36. The molecule has 0 bridgehead atoms. The van der Waals surface area contributed by atoms with E-state index in [2.05, 4.69) is 5.32 Å². The number of hydrogen-bond donors (Lipinski definition) is 2. The number of hydrogen-bond acceptors (Lipinski definition) is 5. The lowest BCUT2D eigenvalue weighted by atomic mass is 9.88. The molecule has 3 atom stereocenters. The molecule has 0 aromatic carbocycles. The fourth-order valence-corrected chi connectivity index (χ4v) is 2.53. The van der Waals surface area contributed by atoms with Gasteiger partial charge in [0.2, 0.25) is 5.91 Å². The Bertz CT molecular complexity index is 404. The molecule has 0 aromatic rings. The molecule has 6 heteroatoms. The summed E-state index contributed by atoms with van der Waals surface area (Å²) in [6.45, 7) is 5.52. The van der Waals surface area contributed by atoms with Gasteiger partial charge in [0.05, 0.1) is 25.4 Å². The molecule has 3 N–H and O–H groups in total. The molecule has 1 aliphatic carbocycles. The van der Waals surface area contributed by atoms with Gasteiger partial charge in [-0.3, -0.25) is 4.79 Å². The van der Waals surface area contributed by atoms with Crippen LogP contribution in [0.1, 0.15) is 40.0 Å². The van der Waals surface area contributed by atoms with E-state index in [1.807, 2.05) is 13.8 Å². The van der Waals surface area contributed by atoms with Crippen molar-refractivity contribution >= 4 is 11.9 Å². The molecule has 21 heavy (non-hydrogen) atoms. The van der Waals surface area contributed by atoms with Crippen LogP contribution < -0.4 is 11.1 Å². The van der Waals surface area contributed by atoms with E-state index < -0.39 is 12.1 Å². The largest absolute Gasteiger partial charge is 0.466 e. The summed E-state index contributed by atoms with van der Waals surface area (Å²) in [5.41, 5.74) is 6.62. The fraction of sp³-hybridized carbons (Fsp3) is 0.733. The van der Waals surface area contributed by atoms with Crippen molar-refractivity contribution < 1.29 is 19.1 Å². The van der Waals surface area contributed by atoms with Crippen LogP contribution in [0.3, 0.4) is 0 Å². The lowest BCUT2D eigenvalue weighted by Crippen LogP contribution is -2.57. The van der Waals surface area contributed by atoms with Crippen LogP contribution >= 0.6 is 0 Å². The van der Waals surface area contributed by atoms with E-state index in [-0.39, 0.29) is 24.1 Å². The van der Waals surface area contributed by atoms with Gasteiger partial charge < -0.3 is 20.5 Å². The van der Waals surface area contributed by atoms with E-state index in [0.29, 0.717) is 12.0 Å². The second-order valence-electron chi connectivity index (χ2n) is 5.32. The Morgan fingerprint density at radius 1 is 1.43 bits per heavy atom. The van der Waals surface area contributed by atoms with Crippen LogP contribution in [0.4, 0.5) is 0 Å². The summed E-state index contributed by atoms with van der Waals surface area (Å²) in [5.74, 6) is -0.562. The summed E-state index contributed by atoms with van der Waals surface area (Å²) in [4.78, 5) is 23.1. The summed E-state index contributed by atoms with van der Waals surface area (Å²) in [5, 5.41) is 2.83. The molecule has 0 radical (unpaired) electrons. The zero-order chi connectivity index (χ0) is 16.0. The van der Waals surface area contributed by atoms with Crippen molar-refractivity contribution in [1.82, 2.24) is 5.32 Å². The smallest absolute Gasteiger partial charge is 0.333 e. The molecule has 1 amide bonds. The maximum atomic E-state index is 11.7. The van der Waals surface area contributed by atoms with Gasteiger partial charge in [0.15, 0.2) is 0 Å². The van der Waals surface area contributed by atoms with E-state index >= 15 is 0 Å². The summed E-state index contributed by atoms with van der Waals surface area (Å²) in [6.07, 6.45) is 3.45. The quantitative estimate of drug-likeness (QED) is 0.711. The lowest BCUT2D eigenvalue weighted by molar-refractivity contribution is -0.136. The van der Waals surface area contributed by atoms with Gasteiger partial charge in [-0.2, -0.15) is 0 Å². The SMILES string of the molecule is CCC(CC)O[C@H]1C=C(C(=O)OC)C[C@@H](N)[C@@H]1NC(C)=O. The van der Waals surface area contributed by atoms with Gasteiger partial charge in [-0.05, 0) is 25.3 Å². The van der Waals surface area contributed by atoms with Crippen LogP contribution in [0.25, 0.3) is 0 Å². The van der Waals surface area contributed by atoms with Crippen molar-refractivity contribution in [2.45, 2.75) is 64.3 Å². The number of ether oxygens (including phenoxy) is 2. The van der Waals surface area contributed by atoms with Gasteiger partial charge in [-0.25, -0.2) is 4.79 Å². The molecule has 0 saturated carbocycles. The second kappa shape index (κ2) is 8.14. The van der Waals surface area contributed by atoms with Gasteiger partial charge in [-0.1, -0.05) is 13.8 Å². The summed E-state index contributed by atoms with van der Waals surface area (Å²) >= 11 is 0. The Morgan fingerprint density at radius 3 is 2.52 bits per heavy atom. The van der Waals surface area contributed by atoms with Crippen molar-refractivity contribution in [2.75, 3.05) is 7.11 Å². The number of nitrogens with one attached hydrogen (secondary N) is 1. The molecular formula is C15H26N2O4. The average molecular weight is 298 g/mol. The van der Waals surface area contributed by atoms with Gasteiger partial charge >= 0.3 is 5.97 Å². The van der Waals surface area contributed by atoms with Crippen molar-refractivity contribution in [2.24, 2.45) is 5.73 Å². The summed E-state index contributed by atoms with van der Waals surface area (Å²) < 4.78 is 10.8. The third-order valence-electron chi connectivity index (χ3n) is 3.71. The van der Waals surface area contributed by atoms with Crippen LogP contribution in [0.2, 0.25) is 0 Å². The predicted octanol–water partition coefficient (Wildman–Crippen LogP) is 0.895. The molecule has 0 heterocycles. The number of esters is 1. The zero-order valence-corrected chi connectivity index (χ0v) is 13.2. The highest BCUT2D eigenvalue weighted by Crippen LogP contribution is 2.23. The molecule has 0 aromatic heterocycles. The monoisotopic (exact) mass is 298 g/mol. The van der Waals surface area contributed by atoms with Crippen molar-refractivity contribution in [1.29, 1.82) is 0 Å². The highest BCUT2D eigenvalue weighted by Gasteiger charge is 2.35. The predicted molar refractivity (Wildman–Crippen MR) is 79.5 cm³/mol. The molecule has 0 aliphatic heterocycles. The Morgan fingerprint density at radius 2 is 2.05 bits per heavy atom. The zero-order valence-electron chi connectivity index (χ0n) is 13.2. The third kappa shape index (κ3) is 4.82. The van der Waals surface area contributed by atoms with E-state index in [9.17, 15) is 9.59 Å². The van der Waals surface area contributed by atoms with Gasteiger partial charge in [0.1, 0.15) is 0 Å². The summed E-state index contributed by atoms with van der Waals surface area (Å²) in [7, 11) is 1.34. The van der Waals surface area contributed by atoms with Crippen LogP contribution in [-0.4, -0.2) is 43.3 Å². The molecule has 1 rings (SSSR count). The normalized spacial score (nSPS) is 25.4. The first kappa shape index (κ1) is 17.7. The molecule has 0 saturated heterocycles. The number of rotatable bonds is 6. The first-order valence-electron chi connectivity index (χ1n) is 7.40. The summed E-state index contributed by atoms with van der Waals surface area (Å²) in [6, 6.07) is -0.719.